The quantitative estimate of drug-likeness (QED) is 0.475. The second-order valence-corrected chi connectivity index (χ2v) is 8.95. The van der Waals surface area contributed by atoms with E-state index in [1.807, 2.05) is 0 Å². The lowest BCUT2D eigenvalue weighted by Crippen LogP contribution is -2.42. The average molecular weight is 447 g/mol. The van der Waals surface area contributed by atoms with E-state index < -0.39 is 12.7 Å². The lowest BCUT2D eigenvalue weighted by Gasteiger charge is -2.32. The molecule has 0 aromatic carbocycles. The third-order valence-corrected chi connectivity index (χ3v) is 6.72. The summed E-state index contributed by atoms with van der Waals surface area (Å²) in [6, 6.07) is 0. The number of likely N-dealkylation sites (tertiary alicyclic amines) is 1. The molecular formula is C20H33F3N6S. The predicted octanol–water partition coefficient (Wildman–Crippen LogP) is 3.12. The van der Waals surface area contributed by atoms with Crippen molar-refractivity contribution in [3.8, 4) is 0 Å². The van der Waals surface area contributed by atoms with Crippen LogP contribution in [-0.2, 0) is 6.42 Å². The number of nitrogens with one attached hydrogen (secondary N) is 2. The zero-order chi connectivity index (χ0) is 21.4. The number of rotatable bonds is 8. The molecule has 2 N–H and O–H groups in total. The summed E-state index contributed by atoms with van der Waals surface area (Å²) in [5.41, 5.74) is 1.11. The highest BCUT2D eigenvalue weighted by molar-refractivity contribution is 7.13. The van der Waals surface area contributed by atoms with Gasteiger partial charge in [0.1, 0.15) is 0 Å². The van der Waals surface area contributed by atoms with Crippen LogP contribution >= 0.6 is 11.3 Å². The first-order valence-electron chi connectivity index (χ1n) is 10.9. The fourth-order valence-corrected chi connectivity index (χ4v) is 4.99. The summed E-state index contributed by atoms with van der Waals surface area (Å²) < 4.78 is 37.4. The monoisotopic (exact) mass is 446 g/mol. The predicted molar refractivity (Wildman–Crippen MR) is 116 cm³/mol. The summed E-state index contributed by atoms with van der Waals surface area (Å²) in [7, 11) is 1.75. The molecule has 0 atom stereocenters. The third-order valence-electron chi connectivity index (χ3n) is 5.77. The van der Waals surface area contributed by atoms with E-state index in [-0.39, 0.29) is 0 Å². The van der Waals surface area contributed by atoms with Crippen LogP contribution in [0.15, 0.2) is 10.4 Å². The molecule has 0 amide bonds. The zero-order valence-electron chi connectivity index (χ0n) is 17.7. The largest absolute Gasteiger partial charge is 0.401 e. The van der Waals surface area contributed by atoms with Crippen LogP contribution in [-0.4, -0.2) is 74.9 Å². The van der Waals surface area contributed by atoms with Crippen LogP contribution in [0.2, 0.25) is 0 Å². The van der Waals surface area contributed by atoms with Gasteiger partial charge in [0.15, 0.2) is 11.1 Å². The van der Waals surface area contributed by atoms with Crippen molar-refractivity contribution in [3.05, 3.63) is 11.1 Å². The Kier molecular flexibility index (Phi) is 8.61. The lowest BCUT2D eigenvalue weighted by molar-refractivity contribution is -0.148. The lowest BCUT2D eigenvalue weighted by atomic mass is 9.93. The minimum atomic E-state index is -4.10. The van der Waals surface area contributed by atoms with E-state index in [4.69, 9.17) is 4.98 Å². The summed E-state index contributed by atoms with van der Waals surface area (Å²) in [4.78, 5) is 12.9. The van der Waals surface area contributed by atoms with E-state index in [0.29, 0.717) is 19.0 Å². The first-order chi connectivity index (χ1) is 14.4. The minimum absolute atomic E-state index is 0.471. The molecule has 2 saturated heterocycles. The number of aliphatic imine (C=N–C) groups is 1. The van der Waals surface area contributed by atoms with E-state index in [2.05, 4.69) is 25.9 Å². The van der Waals surface area contributed by atoms with Crippen molar-refractivity contribution in [1.29, 1.82) is 0 Å². The Labute approximate surface area is 180 Å². The van der Waals surface area contributed by atoms with E-state index >= 15 is 0 Å². The SMILES string of the molecule is CN=C(NCCc1csc(N2CCCC2)n1)NCCC1CCN(CC(F)(F)F)CC1. The molecule has 3 rings (SSSR count). The maximum absolute atomic E-state index is 12.5. The molecule has 0 saturated carbocycles. The first kappa shape index (κ1) is 23.1. The smallest absolute Gasteiger partial charge is 0.356 e. The van der Waals surface area contributed by atoms with Crippen LogP contribution in [0.3, 0.4) is 0 Å². The van der Waals surface area contributed by atoms with Gasteiger partial charge in [0, 0.05) is 45.0 Å². The van der Waals surface area contributed by atoms with Crippen molar-refractivity contribution < 1.29 is 13.2 Å². The highest BCUT2D eigenvalue weighted by atomic mass is 32.1. The summed E-state index contributed by atoms with van der Waals surface area (Å²) in [5, 5.41) is 9.91. The summed E-state index contributed by atoms with van der Waals surface area (Å²) in [5.74, 6) is 1.23. The molecule has 2 aliphatic heterocycles. The Morgan fingerprint density at radius 2 is 1.87 bits per heavy atom. The Hall–Kier alpha value is -1.55. The highest BCUT2D eigenvalue weighted by Gasteiger charge is 2.32. The highest BCUT2D eigenvalue weighted by Crippen LogP contribution is 2.25. The van der Waals surface area contributed by atoms with Crippen molar-refractivity contribution in [2.45, 2.75) is 44.7 Å². The molecule has 0 aliphatic carbocycles. The number of hydrogen-bond acceptors (Lipinski definition) is 5. The Bertz CT molecular complexity index is 664. The summed E-state index contributed by atoms with van der Waals surface area (Å²) >= 11 is 1.72. The number of anilines is 1. The van der Waals surface area contributed by atoms with Crippen LogP contribution in [0, 0.1) is 5.92 Å². The molecule has 170 valence electrons. The van der Waals surface area contributed by atoms with Gasteiger partial charge in [-0.3, -0.25) is 9.89 Å². The molecule has 0 unspecified atom stereocenters. The Morgan fingerprint density at radius 1 is 1.17 bits per heavy atom. The topological polar surface area (TPSA) is 55.8 Å². The normalized spacial score (nSPS) is 19.5. The number of thiazole rings is 1. The molecule has 30 heavy (non-hydrogen) atoms. The van der Waals surface area contributed by atoms with Crippen molar-refractivity contribution in [1.82, 2.24) is 20.5 Å². The minimum Gasteiger partial charge on any atom is -0.356 e. The Balaban J connectivity index is 1.28. The fourth-order valence-electron chi connectivity index (χ4n) is 4.08. The number of halogens is 3. The van der Waals surface area contributed by atoms with Gasteiger partial charge in [-0.25, -0.2) is 4.98 Å². The van der Waals surface area contributed by atoms with Gasteiger partial charge in [0.2, 0.25) is 0 Å². The van der Waals surface area contributed by atoms with E-state index in [0.717, 1.165) is 68.6 Å². The molecular weight excluding hydrogens is 413 g/mol. The van der Waals surface area contributed by atoms with Gasteiger partial charge < -0.3 is 15.5 Å². The van der Waals surface area contributed by atoms with Crippen LogP contribution in [0.1, 0.15) is 37.8 Å². The van der Waals surface area contributed by atoms with Gasteiger partial charge in [-0.2, -0.15) is 13.2 Å². The van der Waals surface area contributed by atoms with Crippen LogP contribution in [0.4, 0.5) is 18.3 Å². The number of nitrogens with zero attached hydrogens (tertiary/aromatic N) is 4. The third kappa shape index (κ3) is 7.61. The van der Waals surface area contributed by atoms with Gasteiger partial charge in [0.05, 0.1) is 12.2 Å². The van der Waals surface area contributed by atoms with Crippen LogP contribution in [0.25, 0.3) is 0 Å². The molecule has 6 nitrogen and oxygen atoms in total. The van der Waals surface area contributed by atoms with Gasteiger partial charge in [-0.1, -0.05) is 0 Å². The molecule has 3 heterocycles. The zero-order valence-corrected chi connectivity index (χ0v) is 18.5. The van der Waals surface area contributed by atoms with E-state index in [1.54, 1.807) is 18.4 Å². The van der Waals surface area contributed by atoms with Gasteiger partial charge in [-0.05, 0) is 51.1 Å². The maximum Gasteiger partial charge on any atom is 0.401 e. The maximum atomic E-state index is 12.5. The van der Waals surface area contributed by atoms with Crippen molar-refractivity contribution in [3.63, 3.8) is 0 Å². The molecule has 1 aromatic heterocycles. The van der Waals surface area contributed by atoms with Crippen LogP contribution < -0.4 is 15.5 Å². The second kappa shape index (κ2) is 11.2. The van der Waals surface area contributed by atoms with Crippen LogP contribution in [0.5, 0.6) is 0 Å². The van der Waals surface area contributed by atoms with Gasteiger partial charge in [0.25, 0.3) is 0 Å². The van der Waals surface area contributed by atoms with Gasteiger partial charge in [-0.15, -0.1) is 11.3 Å². The number of alkyl halides is 3. The van der Waals surface area contributed by atoms with E-state index in [9.17, 15) is 13.2 Å². The molecule has 0 bridgehead atoms. The molecule has 10 heteroatoms. The number of guanidine groups is 1. The van der Waals surface area contributed by atoms with Crippen molar-refractivity contribution >= 4 is 22.4 Å². The van der Waals surface area contributed by atoms with Crippen molar-refractivity contribution in [2.75, 3.05) is 57.8 Å². The molecule has 0 spiro atoms. The second-order valence-electron chi connectivity index (χ2n) is 8.11. The van der Waals surface area contributed by atoms with E-state index in [1.165, 1.54) is 17.7 Å². The number of piperidine rings is 1. The average Bonchev–Trinajstić information content (AvgIpc) is 3.38. The Morgan fingerprint density at radius 3 is 2.53 bits per heavy atom. The molecule has 2 aliphatic rings. The number of aromatic nitrogens is 1. The molecule has 2 fully saturated rings. The standard InChI is InChI=1S/C20H33F3N6S/c1-24-18(25-8-4-16-6-12-28(13-7-16)15-20(21,22)23)26-9-5-17-14-30-19(27-17)29-10-2-3-11-29/h14,16H,2-13,15H2,1H3,(H2,24,25,26). The fraction of sp³-hybridized carbons (Fsp3) is 0.800. The summed E-state index contributed by atoms with van der Waals surface area (Å²) in [6.07, 6.45) is 1.87. The van der Waals surface area contributed by atoms with Crippen molar-refractivity contribution in [2.24, 2.45) is 10.9 Å². The van der Waals surface area contributed by atoms with Gasteiger partial charge >= 0.3 is 6.18 Å². The number of hydrogen-bond donors (Lipinski definition) is 2. The first-order valence-corrected chi connectivity index (χ1v) is 11.7. The summed E-state index contributed by atoms with van der Waals surface area (Å²) in [6.45, 7) is 4.05. The molecule has 1 aromatic rings. The molecule has 0 radical (unpaired) electrons.